The van der Waals surface area contributed by atoms with Gasteiger partial charge in [-0.05, 0) is 76.9 Å². The lowest BCUT2D eigenvalue weighted by Gasteiger charge is -2.19. The third-order valence-electron chi connectivity index (χ3n) is 6.73. The first-order chi connectivity index (χ1) is 21.4. The second kappa shape index (κ2) is 15.2. The van der Waals surface area contributed by atoms with Crippen molar-refractivity contribution in [2.45, 2.75) is 19.1 Å². The molecule has 0 radical (unpaired) electrons. The van der Waals surface area contributed by atoms with Crippen LogP contribution in [0.4, 0.5) is 5.69 Å². The van der Waals surface area contributed by atoms with Crippen LogP contribution in [-0.4, -0.2) is 24.5 Å². The Hall–Kier alpha value is -4.62. The van der Waals surface area contributed by atoms with Crippen LogP contribution in [0.25, 0.3) is 11.1 Å². The maximum atomic E-state index is 13.3. The number of amides is 2. The average molecular weight is 626 g/mol. The molecular formula is C36H30Cl2N2O4. The van der Waals surface area contributed by atoms with Crippen LogP contribution < -0.4 is 15.4 Å². The third kappa shape index (κ3) is 8.94. The van der Waals surface area contributed by atoms with Crippen LogP contribution in [-0.2, 0) is 27.4 Å². The normalized spacial score (nSPS) is 11.4. The fourth-order valence-corrected chi connectivity index (χ4v) is 4.84. The van der Waals surface area contributed by atoms with Gasteiger partial charge in [0.2, 0.25) is 11.8 Å². The number of nitrogens with one attached hydrogen (secondary N) is 2. The molecule has 222 valence electrons. The van der Waals surface area contributed by atoms with Crippen molar-refractivity contribution in [2.24, 2.45) is 0 Å². The molecular weight excluding hydrogens is 595 g/mol. The van der Waals surface area contributed by atoms with E-state index in [2.05, 4.69) is 10.6 Å². The highest BCUT2D eigenvalue weighted by Crippen LogP contribution is 2.27. The van der Waals surface area contributed by atoms with E-state index >= 15 is 0 Å². The van der Waals surface area contributed by atoms with Crippen molar-refractivity contribution in [3.8, 4) is 22.6 Å². The molecule has 44 heavy (non-hydrogen) atoms. The number of halogens is 2. The Morgan fingerprint density at radius 2 is 1.32 bits per heavy atom. The average Bonchev–Trinajstić information content (AvgIpc) is 3.04. The summed E-state index contributed by atoms with van der Waals surface area (Å²) in [6.45, 7) is 0.274. The molecule has 0 saturated heterocycles. The number of benzene rings is 5. The minimum atomic E-state index is -0.944. The van der Waals surface area contributed by atoms with Crippen molar-refractivity contribution in [3.63, 3.8) is 0 Å². The molecule has 2 N–H and O–H groups in total. The first kappa shape index (κ1) is 30.8. The lowest BCUT2D eigenvalue weighted by Crippen LogP contribution is -2.47. The van der Waals surface area contributed by atoms with Crippen LogP contribution in [0.1, 0.15) is 11.1 Å². The minimum Gasteiger partial charge on any atom is -0.457 e. The molecule has 1 atom stereocenters. The first-order valence-electron chi connectivity index (χ1n) is 14.0. The summed E-state index contributed by atoms with van der Waals surface area (Å²) in [5.41, 5.74) is 4.09. The van der Waals surface area contributed by atoms with Crippen LogP contribution in [0.15, 0.2) is 127 Å². The largest absolute Gasteiger partial charge is 0.457 e. The van der Waals surface area contributed by atoms with Crippen LogP contribution in [0.2, 0.25) is 10.0 Å². The fraction of sp³-hybridized carbons (Fsp3) is 0.111. The standard InChI is InChI=1S/C36H30Cl2N2O4/c37-29-15-20-33(38)28(21-29)22-35(41)40-34(24-43-23-25-7-3-1-4-8-25)36(42)39-30-16-11-26(12-17-30)27-13-18-32(19-14-27)44-31-9-5-2-6-10-31/h1-21,34H,22-24H2,(H,39,42)(H,40,41)/t34-/m0/s1. The van der Waals surface area contributed by atoms with Gasteiger partial charge in [-0.3, -0.25) is 9.59 Å². The van der Waals surface area contributed by atoms with Crippen molar-refractivity contribution >= 4 is 40.7 Å². The number of anilines is 1. The molecule has 0 spiro atoms. The quantitative estimate of drug-likeness (QED) is 0.146. The number of hydrogen-bond donors (Lipinski definition) is 2. The summed E-state index contributed by atoms with van der Waals surface area (Å²) in [6.07, 6.45) is -0.0360. The molecule has 0 aliphatic heterocycles. The number of hydrogen-bond acceptors (Lipinski definition) is 4. The molecule has 0 aromatic heterocycles. The Labute approximate surface area is 266 Å². The second-order valence-electron chi connectivity index (χ2n) is 10.0. The van der Waals surface area contributed by atoms with Gasteiger partial charge in [0.25, 0.3) is 0 Å². The SMILES string of the molecule is O=C(Cc1cc(Cl)ccc1Cl)N[C@@H](COCc1ccccc1)C(=O)Nc1ccc(-c2ccc(Oc3ccccc3)cc2)cc1. The van der Waals surface area contributed by atoms with Gasteiger partial charge < -0.3 is 20.1 Å². The highest BCUT2D eigenvalue weighted by molar-refractivity contribution is 6.33. The molecule has 5 aromatic carbocycles. The third-order valence-corrected chi connectivity index (χ3v) is 7.33. The van der Waals surface area contributed by atoms with Gasteiger partial charge in [-0.2, -0.15) is 0 Å². The molecule has 0 unspecified atom stereocenters. The molecule has 0 aliphatic rings. The van der Waals surface area contributed by atoms with Crippen molar-refractivity contribution < 1.29 is 19.1 Å². The lowest BCUT2D eigenvalue weighted by atomic mass is 10.1. The van der Waals surface area contributed by atoms with Gasteiger partial charge in [-0.1, -0.05) is 96.0 Å². The summed E-state index contributed by atoms with van der Waals surface area (Å²) in [5, 5.41) is 6.57. The Morgan fingerprint density at radius 1 is 0.705 bits per heavy atom. The maximum absolute atomic E-state index is 13.3. The number of carbonyl (C=O) groups excluding carboxylic acids is 2. The Bertz CT molecular complexity index is 1680. The van der Waals surface area contributed by atoms with Gasteiger partial charge in [0.05, 0.1) is 19.6 Å². The molecule has 0 heterocycles. The van der Waals surface area contributed by atoms with E-state index in [1.165, 1.54) is 0 Å². The van der Waals surface area contributed by atoms with Crippen LogP contribution >= 0.6 is 23.2 Å². The topological polar surface area (TPSA) is 76.7 Å². The zero-order chi connectivity index (χ0) is 30.7. The Balaban J connectivity index is 1.22. The van der Waals surface area contributed by atoms with E-state index in [1.54, 1.807) is 18.2 Å². The molecule has 5 aromatic rings. The summed E-state index contributed by atoms with van der Waals surface area (Å²) >= 11 is 12.3. The molecule has 2 amide bonds. The first-order valence-corrected chi connectivity index (χ1v) is 14.8. The molecule has 0 saturated carbocycles. The number of para-hydroxylation sites is 1. The van der Waals surface area contributed by atoms with Gasteiger partial charge >= 0.3 is 0 Å². The molecule has 6 nitrogen and oxygen atoms in total. The van der Waals surface area contributed by atoms with E-state index in [4.69, 9.17) is 32.7 Å². The van der Waals surface area contributed by atoms with Crippen LogP contribution in [0.3, 0.4) is 0 Å². The van der Waals surface area contributed by atoms with E-state index in [0.29, 0.717) is 27.9 Å². The predicted molar refractivity (Wildman–Crippen MR) is 175 cm³/mol. The predicted octanol–water partition coefficient (Wildman–Crippen LogP) is 8.34. The number of carbonyl (C=O) groups is 2. The van der Waals surface area contributed by atoms with E-state index in [9.17, 15) is 9.59 Å². The molecule has 0 bridgehead atoms. The maximum Gasteiger partial charge on any atom is 0.249 e. The van der Waals surface area contributed by atoms with Crippen LogP contribution in [0.5, 0.6) is 11.5 Å². The fourth-order valence-electron chi connectivity index (χ4n) is 4.46. The van der Waals surface area contributed by atoms with Gasteiger partial charge in [-0.15, -0.1) is 0 Å². The minimum absolute atomic E-state index is 0.0226. The Morgan fingerprint density at radius 3 is 2.00 bits per heavy atom. The van der Waals surface area contributed by atoms with Crippen LogP contribution in [0, 0.1) is 0 Å². The zero-order valence-corrected chi connectivity index (χ0v) is 25.2. The highest BCUT2D eigenvalue weighted by atomic mass is 35.5. The van der Waals surface area contributed by atoms with Gasteiger partial charge in [0, 0.05) is 15.7 Å². The Kier molecular flexibility index (Phi) is 10.7. The van der Waals surface area contributed by atoms with Crippen molar-refractivity contribution in [1.29, 1.82) is 0 Å². The molecule has 5 rings (SSSR count). The molecule has 0 fully saturated rings. The summed E-state index contributed by atoms with van der Waals surface area (Å²) in [6, 6.07) is 38.4. The highest BCUT2D eigenvalue weighted by Gasteiger charge is 2.22. The van der Waals surface area contributed by atoms with E-state index in [0.717, 1.165) is 28.2 Å². The van der Waals surface area contributed by atoms with Gasteiger partial charge in [0.1, 0.15) is 17.5 Å². The smallest absolute Gasteiger partial charge is 0.249 e. The van der Waals surface area contributed by atoms with Crippen molar-refractivity contribution in [3.05, 3.63) is 149 Å². The zero-order valence-electron chi connectivity index (χ0n) is 23.7. The van der Waals surface area contributed by atoms with E-state index < -0.39 is 11.9 Å². The number of rotatable bonds is 12. The number of ether oxygens (including phenoxy) is 2. The monoisotopic (exact) mass is 624 g/mol. The van der Waals surface area contributed by atoms with Crippen molar-refractivity contribution in [1.82, 2.24) is 5.32 Å². The summed E-state index contributed by atoms with van der Waals surface area (Å²) < 4.78 is 11.7. The van der Waals surface area contributed by atoms with Gasteiger partial charge in [0.15, 0.2) is 0 Å². The van der Waals surface area contributed by atoms with E-state index in [-0.39, 0.29) is 18.9 Å². The lowest BCUT2D eigenvalue weighted by molar-refractivity contribution is -0.127. The second-order valence-corrected chi connectivity index (χ2v) is 10.9. The van der Waals surface area contributed by atoms with Gasteiger partial charge in [-0.25, -0.2) is 0 Å². The van der Waals surface area contributed by atoms with Crippen molar-refractivity contribution in [2.75, 3.05) is 11.9 Å². The molecule has 0 aliphatic carbocycles. The van der Waals surface area contributed by atoms with E-state index in [1.807, 2.05) is 109 Å². The summed E-state index contributed by atoms with van der Waals surface area (Å²) in [4.78, 5) is 26.3. The summed E-state index contributed by atoms with van der Waals surface area (Å²) in [7, 11) is 0. The molecule has 8 heteroatoms. The summed E-state index contributed by atoms with van der Waals surface area (Å²) in [5.74, 6) is 0.726.